The molecule has 2 aliphatic heterocycles. The highest BCUT2D eigenvalue weighted by molar-refractivity contribution is 6.24. The van der Waals surface area contributed by atoms with Gasteiger partial charge in [-0.25, -0.2) is 0 Å². The Morgan fingerprint density at radius 3 is 2.39 bits per heavy atom. The number of Topliss-reactive ketones (excluding diaryl/α,β-unsaturated/α-hetero) is 1. The van der Waals surface area contributed by atoms with Crippen LogP contribution in [0.5, 0.6) is 0 Å². The molecule has 3 aromatic heterocycles. The molecule has 3 aliphatic rings. The zero-order valence-electron chi connectivity index (χ0n) is 30.6. The second-order valence-corrected chi connectivity index (χ2v) is 14.0. The van der Waals surface area contributed by atoms with Gasteiger partial charge in [-0.15, -0.1) is 0 Å². The summed E-state index contributed by atoms with van der Waals surface area (Å²) in [6.45, 7) is 16.7. The molecule has 51 heavy (non-hydrogen) atoms. The number of aromatic nitrogens is 3. The van der Waals surface area contributed by atoms with Crippen LogP contribution in [0.4, 0.5) is 0 Å². The number of hydrogen-bond acceptors (Lipinski definition) is 7. The first-order chi connectivity index (χ1) is 24.5. The van der Waals surface area contributed by atoms with E-state index in [2.05, 4.69) is 47.6 Å². The van der Waals surface area contributed by atoms with Gasteiger partial charge >= 0.3 is 11.9 Å². The number of allylic oxidation sites excluding steroid dienone is 2. The van der Waals surface area contributed by atoms with Gasteiger partial charge in [-0.2, -0.15) is 0 Å². The van der Waals surface area contributed by atoms with Crippen molar-refractivity contribution in [2.75, 3.05) is 13.7 Å². The summed E-state index contributed by atoms with van der Waals surface area (Å²) in [4.78, 5) is 63.7. The van der Waals surface area contributed by atoms with Gasteiger partial charge < -0.3 is 29.7 Å². The van der Waals surface area contributed by atoms with Gasteiger partial charge in [0.1, 0.15) is 5.92 Å². The number of esters is 2. The maximum Gasteiger partial charge on any atom is 0.321 e. The number of aromatic amines is 3. The molecule has 5 heterocycles. The Kier molecular flexibility index (Phi) is 9.97. The lowest BCUT2D eigenvalue weighted by atomic mass is 9.85. The minimum Gasteiger partial charge on any atom is -0.468 e. The number of ketones is 1. The molecule has 4 atom stereocenters. The van der Waals surface area contributed by atoms with E-state index in [1.807, 2.05) is 39.0 Å². The summed E-state index contributed by atoms with van der Waals surface area (Å²) in [6.07, 6.45) is 11.6. The number of aldehydes is 1. The first kappa shape index (κ1) is 35.7. The van der Waals surface area contributed by atoms with E-state index in [4.69, 9.17) is 9.47 Å². The smallest absolute Gasteiger partial charge is 0.321 e. The van der Waals surface area contributed by atoms with Crippen LogP contribution in [-0.2, 0) is 25.5 Å². The Bertz CT molecular complexity index is 2140. The number of fused-ring (bicyclic) bond motifs is 7. The van der Waals surface area contributed by atoms with Crippen LogP contribution in [0.1, 0.15) is 119 Å². The molecule has 0 amide bonds. The van der Waals surface area contributed by atoms with E-state index in [0.29, 0.717) is 70.1 Å². The molecule has 10 heteroatoms. The van der Waals surface area contributed by atoms with Crippen LogP contribution in [0, 0.1) is 37.5 Å². The van der Waals surface area contributed by atoms with Crippen LogP contribution < -0.4 is 16.0 Å². The number of carbonyl (C=O) groups is 4. The van der Waals surface area contributed by atoms with E-state index in [-0.39, 0.29) is 30.0 Å². The quantitative estimate of drug-likeness (QED) is 0.116. The van der Waals surface area contributed by atoms with Crippen molar-refractivity contribution in [3.63, 3.8) is 0 Å². The van der Waals surface area contributed by atoms with Gasteiger partial charge in [0.25, 0.3) is 0 Å². The third-order valence-electron chi connectivity index (χ3n) is 11.2. The van der Waals surface area contributed by atoms with Crippen LogP contribution in [0.2, 0.25) is 0 Å². The number of nitrogens with one attached hydrogen (secondary N) is 4. The number of rotatable bonds is 11. The Morgan fingerprint density at radius 1 is 1.00 bits per heavy atom. The molecule has 6 rings (SSSR count). The lowest BCUT2D eigenvalue weighted by Gasteiger charge is -2.19. The van der Waals surface area contributed by atoms with E-state index in [0.717, 1.165) is 58.3 Å². The Balaban J connectivity index is 1.59. The largest absolute Gasteiger partial charge is 0.468 e. The number of methoxy groups -OCH3 is 1. The first-order valence-corrected chi connectivity index (χ1v) is 17.9. The van der Waals surface area contributed by atoms with E-state index in [1.165, 1.54) is 7.11 Å². The van der Waals surface area contributed by atoms with Crippen molar-refractivity contribution in [1.82, 2.24) is 20.3 Å². The van der Waals surface area contributed by atoms with Crippen molar-refractivity contribution in [1.29, 1.82) is 0 Å². The summed E-state index contributed by atoms with van der Waals surface area (Å²) in [5.74, 6) is -2.31. The summed E-state index contributed by atoms with van der Waals surface area (Å²) in [5.41, 5.74) is 9.43. The zero-order chi connectivity index (χ0) is 36.7. The molecule has 1 aliphatic carbocycles. The minimum atomic E-state index is -1.17. The van der Waals surface area contributed by atoms with Gasteiger partial charge in [-0.3, -0.25) is 19.2 Å². The average Bonchev–Trinajstić information content (AvgIpc) is 3.87. The highest BCUT2D eigenvalue weighted by Gasteiger charge is 2.48. The van der Waals surface area contributed by atoms with Crippen molar-refractivity contribution < 1.29 is 28.7 Å². The molecular weight excluding hydrogens is 644 g/mol. The van der Waals surface area contributed by atoms with Crippen molar-refractivity contribution in [2.24, 2.45) is 23.7 Å². The Morgan fingerprint density at radius 2 is 1.73 bits per heavy atom. The SMILES string of the molecule is C=Cc1c2[nH]c(c1C)/C=C1\N/C(=C3\c4[nH]c(c(C)c4C(=O)[C@@H]3C(=O)OC)/C=c3\[nH]/c(c(C=O)c3CC)=C\2)[C@@H](CCC(=O)OCCC(C)CC)[C@@H]1C. The second kappa shape index (κ2) is 14.2. The molecule has 1 saturated heterocycles. The highest BCUT2D eigenvalue weighted by Crippen LogP contribution is 2.48. The Labute approximate surface area is 298 Å². The van der Waals surface area contributed by atoms with Gasteiger partial charge in [0.2, 0.25) is 0 Å². The molecule has 1 unspecified atom stereocenters. The fourth-order valence-electron chi connectivity index (χ4n) is 7.87. The topological polar surface area (TPSA) is 146 Å². The maximum atomic E-state index is 14.2. The lowest BCUT2D eigenvalue weighted by molar-refractivity contribution is -0.144. The number of hydrogen-bond donors (Lipinski definition) is 4. The van der Waals surface area contributed by atoms with Crippen molar-refractivity contribution >= 4 is 53.9 Å². The van der Waals surface area contributed by atoms with Crippen LogP contribution in [0.15, 0.2) is 18.0 Å². The van der Waals surface area contributed by atoms with E-state index >= 15 is 0 Å². The average molecular weight is 693 g/mol. The van der Waals surface area contributed by atoms with E-state index in [1.54, 1.807) is 6.08 Å². The van der Waals surface area contributed by atoms with E-state index < -0.39 is 11.9 Å². The zero-order valence-corrected chi connectivity index (χ0v) is 30.6. The lowest BCUT2D eigenvalue weighted by Crippen LogP contribution is -2.25. The molecule has 268 valence electrons. The van der Waals surface area contributed by atoms with Gasteiger partial charge in [0.05, 0.1) is 24.8 Å². The second-order valence-electron chi connectivity index (χ2n) is 14.0. The highest BCUT2D eigenvalue weighted by atomic mass is 16.5. The predicted molar refractivity (Wildman–Crippen MR) is 198 cm³/mol. The molecular formula is C41H48N4O6. The van der Waals surface area contributed by atoms with Crippen molar-refractivity contribution in [3.8, 4) is 0 Å². The maximum absolute atomic E-state index is 14.2. The van der Waals surface area contributed by atoms with E-state index in [9.17, 15) is 19.2 Å². The van der Waals surface area contributed by atoms with Crippen LogP contribution in [0.3, 0.4) is 0 Å². The number of ether oxygens (including phenoxy) is 2. The molecule has 0 radical (unpaired) electrons. The fourth-order valence-corrected chi connectivity index (χ4v) is 7.87. The van der Waals surface area contributed by atoms with Crippen molar-refractivity contribution in [3.05, 3.63) is 84.8 Å². The number of carbonyl (C=O) groups excluding carboxylic acids is 4. The standard InChI is InChI=1S/C41H48N4O6/c1-9-20(4)14-15-51-34(47)13-12-26-22(6)29-16-28-21(5)24(10-2)31(42-28)18-33-27(19-46)25(11-3)32(43-33)17-30-23(7)35-39(45-30)36(38(26)44-29)37(40(35)48)41(49)50-8/h10,16-20,22,26,37,42-45H,2,9,11-15H2,1,3-8H3/b29-16-,32-17-,33-18-,38-36-/t20?,22-,26-,37+/m0/s1. The summed E-state index contributed by atoms with van der Waals surface area (Å²) < 4.78 is 10.9. The third kappa shape index (κ3) is 6.15. The molecule has 0 saturated carbocycles. The molecule has 8 bridgehead atoms. The molecule has 0 aromatic carbocycles. The Hall–Kier alpha value is -5.12. The summed E-state index contributed by atoms with van der Waals surface area (Å²) in [7, 11) is 1.29. The van der Waals surface area contributed by atoms with Gasteiger partial charge in [0, 0.05) is 74.3 Å². The molecule has 0 spiro atoms. The van der Waals surface area contributed by atoms with Gasteiger partial charge in [0.15, 0.2) is 12.1 Å². The molecule has 4 N–H and O–H groups in total. The van der Waals surface area contributed by atoms with Gasteiger partial charge in [-0.05, 0) is 73.9 Å². The normalized spacial score (nSPS) is 23.3. The summed E-state index contributed by atoms with van der Waals surface area (Å²) >= 11 is 0. The predicted octanol–water partition coefficient (Wildman–Crippen LogP) is 5.63. The minimum absolute atomic E-state index is 0.114. The van der Waals surface area contributed by atoms with Crippen LogP contribution >= 0.6 is 0 Å². The monoisotopic (exact) mass is 692 g/mol. The van der Waals surface area contributed by atoms with Crippen LogP contribution in [0.25, 0.3) is 29.9 Å². The van der Waals surface area contributed by atoms with Crippen LogP contribution in [-0.4, -0.2) is 52.7 Å². The summed E-state index contributed by atoms with van der Waals surface area (Å²) in [6, 6.07) is 0. The molecule has 3 aromatic rings. The number of H-pyrrole nitrogens is 3. The molecule has 1 fully saturated rings. The first-order valence-electron chi connectivity index (χ1n) is 17.9. The molecule has 10 nitrogen and oxygen atoms in total. The summed E-state index contributed by atoms with van der Waals surface area (Å²) in [5, 5.41) is 5.04. The van der Waals surface area contributed by atoms with Crippen molar-refractivity contribution in [2.45, 2.75) is 73.6 Å². The van der Waals surface area contributed by atoms with Gasteiger partial charge in [-0.1, -0.05) is 46.8 Å². The fraction of sp³-hybridized carbons (Fsp3) is 0.415. The third-order valence-corrected chi connectivity index (χ3v) is 11.2.